The Kier molecular flexibility index (Phi) is 3.84. The number of nitrogens with zero attached hydrogens (tertiary/aromatic N) is 2. The van der Waals surface area contributed by atoms with Crippen molar-refractivity contribution in [2.75, 3.05) is 5.32 Å². The van der Waals surface area contributed by atoms with Crippen molar-refractivity contribution in [2.24, 2.45) is 5.92 Å². The van der Waals surface area contributed by atoms with Crippen molar-refractivity contribution in [3.05, 3.63) is 11.9 Å². The number of anilines is 1. The maximum Gasteiger partial charge on any atom is 0.333 e. The van der Waals surface area contributed by atoms with Gasteiger partial charge in [0.1, 0.15) is 6.10 Å². The van der Waals surface area contributed by atoms with Crippen LogP contribution in [0.5, 0.6) is 0 Å². The number of carbonyl (C=O) groups excluding carboxylic acids is 1. The van der Waals surface area contributed by atoms with Crippen LogP contribution >= 0.6 is 0 Å². The van der Waals surface area contributed by atoms with Gasteiger partial charge >= 0.3 is 6.55 Å². The molecule has 1 aliphatic heterocycles. The fourth-order valence-corrected chi connectivity index (χ4v) is 2.06. The summed E-state index contributed by atoms with van der Waals surface area (Å²) in [5.41, 5.74) is 0.647. The SMILES string of the molecule is Cc1nn(C(F)F)cc1NC(=O)[C@H]1C[C@H](C)C(C)O1. The van der Waals surface area contributed by atoms with E-state index in [4.69, 9.17) is 4.74 Å². The third kappa shape index (κ3) is 2.91. The minimum absolute atomic E-state index is 0.0284. The highest BCUT2D eigenvalue weighted by atomic mass is 19.3. The first kappa shape index (κ1) is 13.9. The number of nitrogens with one attached hydrogen (secondary N) is 1. The Morgan fingerprint density at radius 1 is 1.58 bits per heavy atom. The van der Waals surface area contributed by atoms with Crippen LogP contribution < -0.4 is 5.32 Å². The number of rotatable bonds is 3. The molecule has 5 nitrogen and oxygen atoms in total. The number of ether oxygens (including phenoxy) is 1. The van der Waals surface area contributed by atoms with Gasteiger partial charge in [0.05, 0.1) is 23.7 Å². The highest BCUT2D eigenvalue weighted by Gasteiger charge is 2.34. The van der Waals surface area contributed by atoms with E-state index in [9.17, 15) is 13.6 Å². The van der Waals surface area contributed by atoms with Crippen LogP contribution in [0.15, 0.2) is 6.20 Å². The van der Waals surface area contributed by atoms with Crippen LogP contribution in [0.2, 0.25) is 0 Å². The standard InChI is InChI=1S/C12H17F2N3O2/c1-6-4-10(19-8(6)3)11(18)15-9-5-17(12(13)14)16-7(9)2/h5-6,8,10,12H,4H2,1-3H3,(H,15,18)/t6-,8?,10+/m0/s1. The summed E-state index contributed by atoms with van der Waals surface area (Å²) in [6.07, 6.45) is 1.26. The average molecular weight is 273 g/mol. The predicted octanol–water partition coefficient (Wildman–Crippen LogP) is 2.34. The van der Waals surface area contributed by atoms with Crippen molar-refractivity contribution in [2.45, 2.75) is 45.9 Å². The van der Waals surface area contributed by atoms with E-state index < -0.39 is 12.7 Å². The van der Waals surface area contributed by atoms with E-state index in [1.54, 1.807) is 6.92 Å². The van der Waals surface area contributed by atoms with Crippen LogP contribution in [0.3, 0.4) is 0 Å². The molecule has 0 aliphatic carbocycles. The van der Waals surface area contributed by atoms with E-state index in [1.165, 1.54) is 0 Å². The van der Waals surface area contributed by atoms with Crippen LogP contribution in [0.1, 0.15) is 32.5 Å². The Labute approximate surface area is 109 Å². The van der Waals surface area contributed by atoms with Gasteiger partial charge in [-0.05, 0) is 26.2 Å². The molecule has 106 valence electrons. The second-order valence-electron chi connectivity index (χ2n) is 4.92. The molecule has 1 aromatic rings. The molecule has 3 atom stereocenters. The van der Waals surface area contributed by atoms with Gasteiger partial charge in [-0.2, -0.15) is 13.9 Å². The molecule has 1 aliphatic rings. The normalized spacial score (nSPS) is 26.9. The van der Waals surface area contributed by atoms with Crippen LogP contribution in [0.25, 0.3) is 0 Å². The number of halogens is 2. The lowest BCUT2D eigenvalue weighted by molar-refractivity contribution is -0.126. The molecule has 0 bridgehead atoms. The summed E-state index contributed by atoms with van der Waals surface area (Å²) >= 11 is 0. The Morgan fingerprint density at radius 2 is 2.26 bits per heavy atom. The van der Waals surface area contributed by atoms with E-state index in [-0.39, 0.29) is 12.0 Å². The molecule has 0 radical (unpaired) electrons. The highest BCUT2D eigenvalue weighted by molar-refractivity contribution is 5.94. The van der Waals surface area contributed by atoms with Crippen LogP contribution in [0, 0.1) is 12.8 Å². The van der Waals surface area contributed by atoms with Crippen LogP contribution in [0.4, 0.5) is 14.5 Å². The molecule has 19 heavy (non-hydrogen) atoms. The van der Waals surface area contributed by atoms with E-state index >= 15 is 0 Å². The molecule has 2 rings (SSSR count). The molecular formula is C12H17F2N3O2. The minimum atomic E-state index is -2.72. The summed E-state index contributed by atoms with van der Waals surface area (Å²) in [4.78, 5) is 12.0. The van der Waals surface area contributed by atoms with Gasteiger partial charge in [-0.1, -0.05) is 6.92 Å². The summed E-state index contributed by atoms with van der Waals surface area (Å²) in [7, 11) is 0. The van der Waals surface area contributed by atoms with Crippen molar-refractivity contribution >= 4 is 11.6 Å². The molecule has 0 aromatic carbocycles. The van der Waals surface area contributed by atoms with Crippen molar-refractivity contribution in [1.29, 1.82) is 0 Å². The molecule has 1 unspecified atom stereocenters. The number of aromatic nitrogens is 2. The van der Waals surface area contributed by atoms with Crippen molar-refractivity contribution in [3.8, 4) is 0 Å². The lowest BCUT2D eigenvalue weighted by Gasteiger charge is -2.10. The third-order valence-electron chi connectivity index (χ3n) is 3.43. The molecule has 7 heteroatoms. The van der Waals surface area contributed by atoms with E-state index in [2.05, 4.69) is 10.4 Å². The molecule has 1 aromatic heterocycles. The third-order valence-corrected chi connectivity index (χ3v) is 3.43. The molecule has 1 saturated heterocycles. The first-order valence-corrected chi connectivity index (χ1v) is 6.18. The maximum absolute atomic E-state index is 12.5. The van der Waals surface area contributed by atoms with Gasteiger partial charge in [-0.25, -0.2) is 4.68 Å². The van der Waals surface area contributed by atoms with E-state index in [1.807, 2.05) is 13.8 Å². The second-order valence-corrected chi connectivity index (χ2v) is 4.92. The first-order valence-electron chi connectivity index (χ1n) is 6.18. The lowest BCUT2D eigenvalue weighted by Crippen LogP contribution is -2.27. The van der Waals surface area contributed by atoms with Crippen LogP contribution in [-0.4, -0.2) is 27.9 Å². The van der Waals surface area contributed by atoms with Gasteiger partial charge in [0, 0.05) is 0 Å². The number of hydrogen-bond acceptors (Lipinski definition) is 3. The number of amides is 1. The number of alkyl halides is 2. The summed E-state index contributed by atoms with van der Waals surface area (Å²) in [6.45, 7) is 2.78. The van der Waals surface area contributed by atoms with Gasteiger partial charge in [0.25, 0.3) is 5.91 Å². The Balaban J connectivity index is 2.03. The minimum Gasteiger partial charge on any atom is -0.365 e. The quantitative estimate of drug-likeness (QED) is 0.919. The van der Waals surface area contributed by atoms with Crippen molar-refractivity contribution in [3.63, 3.8) is 0 Å². The Bertz CT molecular complexity index is 466. The van der Waals surface area contributed by atoms with Crippen LogP contribution in [-0.2, 0) is 9.53 Å². The fourth-order valence-electron chi connectivity index (χ4n) is 2.06. The van der Waals surface area contributed by atoms with Gasteiger partial charge in [0.15, 0.2) is 0 Å². The van der Waals surface area contributed by atoms with E-state index in [0.717, 1.165) is 6.20 Å². The average Bonchev–Trinajstić information content (AvgIpc) is 2.85. The molecule has 0 saturated carbocycles. The smallest absolute Gasteiger partial charge is 0.333 e. The summed E-state index contributed by atoms with van der Waals surface area (Å²) < 4.78 is 31.0. The topological polar surface area (TPSA) is 56.2 Å². The molecule has 1 fully saturated rings. The molecular weight excluding hydrogens is 256 g/mol. The first-order chi connectivity index (χ1) is 8.88. The Hall–Kier alpha value is -1.50. The van der Waals surface area contributed by atoms with Gasteiger partial charge in [-0.15, -0.1) is 0 Å². The van der Waals surface area contributed by atoms with Gasteiger partial charge in [-0.3, -0.25) is 4.79 Å². The second kappa shape index (κ2) is 5.24. The maximum atomic E-state index is 12.5. The Morgan fingerprint density at radius 3 is 2.74 bits per heavy atom. The zero-order valence-electron chi connectivity index (χ0n) is 11.1. The zero-order chi connectivity index (χ0) is 14.2. The number of aryl methyl sites for hydroxylation is 1. The molecule has 1 N–H and O–H groups in total. The number of carbonyl (C=O) groups is 1. The zero-order valence-corrected chi connectivity index (χ0v) is 11.1. The van der Waals surface area contributed by atoms with E-state index in [0.29, 0.717) is 28.4 Å². The summed E-state index contributed by atoms with van der Waals surface area (Å²) in [5.74, 6) is -0.00579. The summed E-state index contributed by atoms with van der Waals surface area (Å²) in [5, 5.41) is 6.22. The van der Waals surface area contributed by atoms with Crippen molar-refractivity contribution < 1.29 is 18.3 Å². The molecule has 1 amide bonds. The predicted molar refractivity (Wildman–Crippen MR) is 65.0 cm³/mol. The van der Waals surface area contributed by atoms with Gasteiger partial charge < -0.3 is 10.1 Å². The number of hydrogen-bond donors (Lipinski definition) is 1. The largest absolute Gasteiger partial charge is 0.365 e. The molecule has 0 spiro atoms. The lowest BCUT2D eigenvalue weighted by atomic mass is 10.0. The highest BCUT2D eigenvalue weighted by Crippen LogP contribution is 2.27. The summed E-state index contributed by atoms with van der Waals surface area (Å²) in [6, 6.07) is 0. The van der Waals surface area contributed by atoms with Crippen molar-refractivity contribution in [1.82, 2.24) is 9.78 Å². The fraction of sp³-hybridized carbons (Fsp3) is 0.667. The monoisotopic (exact) mass is 273 g/mol. The van der Waals surface area contributed by atoms with Gasteiger partial charge in [0.2, 0.25) is 0 Å². The molecule has 2 heterocycles.